The van der Waals surface area contributed by atoms with Gasteiger partial charge in [-0.15, -0.1) is 0 Å². The summed E-state index contributed by atoms with van der Waals surface area (Å²) in [5.74, 6) is -0.0498. The summed E-state index contributed by atoms with van der Waals surface area (Å²) in [5.41, 5.74) is 9.79. The van der Waals surface area contributed by atoms with Crippen LogP contribution in [0.3, 0.4) is 0 Å². The van der Waals surface area contributed by atoms with Crippen LogP contribution in [0.5, 0.6) is 0 Å². The SMILES string of the molecule is Cc1cc(N)c(NC(=O)C(C)C)cc1N1CCCCC1C. The van der Waals surface area contributed by atoms with Crippen molar-refractivity contribution in [2.45, 2.75) is 53.0 Å². The Morgan fingerprint density at radius 2 is 2.10 bits per heavy atom. The molecule has 21 heavy (non-hydrogen) atoms. The van der Waals surface area contributed by atoms with Crippen molar-refractivity contribution in [2.75, 3.05) is 22.5 Å². The van der Waals surface area contributed by atoms with Crippen molar-refractivity contribution in [3.05, 3.63) is 17.7 Å². The lowest BCUT2D eigenvalue weighted by Gasteiger charge is -2.36. The van der Waals surface area contributed by atoms with E-state index in [1.165, 1.54) is 30.5 Å². The fraction of sp³-hybridized carbons (Fsp3) is 0.588. The van der Waals surface area contributed by atoms with Gasteiger partial charge in [0.05, 0.1) is 11.4 Å². The summed E-state index contributed by atoms with van der Waals surface area (Å²) in [5, 5.41) is 2.94. The van der Waals surface area contributed by atoms with E-state index >= 15 is 0 Å². The highest BCUT2D eigenvalue weighted by Gasteiger charge is 2.21. The molecule has 0 bridgehead atoms. The van der Waals surface area contributed by atoms with Crippen LogP contribution in [0.4, 0.5) is 17.1 Å². The van der Waals surface area contributed by atoms with Crippen molar-refractivity contribution in [3.63, 3.8) is 0 Å². The maximum absolute atomic E-state index is 11.9. The smallest absolute Gasteiger partial charge is 0.226 e. The number of nitrogens with two attached hydrogens (primary N) is 1. The largest absolute Gasteiger partial charge is 0.397 e. The number of carbonyl (C=O) groups excluding carboxylic acids is 1. The van der Waals surface area contributed by atoms with E-state index in [1.54, 1.807) is 0 Å². The third-order valence-corrected chi connectivity index (χ3v) is 4.26. The highest BCUT2D eigenvalue weighted by Crippen LogP contribution is 2.33. The molecule has 4 nitrogen and oxygen atoms in total. The maximum Gasteiger partial charge on any atom is 0.226 e. The van der Waals surface area contributed by atoms with E-state index in [0.717, 1.165) is 12.2 Å². The normalized spacial score (nSPS) is 18.9. The van der Waals surface area contributed by atoms with Crippen LogP contribution in [0, 0.1) is 12.8 Å². The van der Waals surface area contributed by atoms with E-state index in [9.17, 15) is 4.79 Å². The number of nitrogens with one attached hydrogen (secondary N) is 1. The van der Waals surface area contributed by atoms with Gasteiger partial charge in [-0.3, -0.25) is 4.79 Å². The van der Waals surface area contributed by atoms with Crippen molar-refractivity contribution in [1.82, 2.24) is 0 Å². The second kappa shape index (κ2) is 6.37. The highest BCUT2D eigenvalue weighted by atomic mass is 16.1. The fourth-order valence-electron chi connectivity index (χ4n) is 2.87. The number of hydrogen-bond acceptors (Lipinski definition) is 3. The van der Waals surface area contributed by atoms with Gasteiger partial charge in [-0.1, -0.05) is 13.8 Å². The molecule has 0 aliphatic carbocycles. The van der Waals surface area contributed by atoms with Crippen LogP contribution in [0.25, 0.3) is 0 Å². The average Bonchev–Trinajstić information content (AvgIpc) is 2.42. The monoisotopic (exact) mass is 289 g/mol. The van der Waals surface area contributed by atoms with Crippen LogP contribution >= 0.6 is 0 Å². The first-order chi connectivity index (χ1) is 9.90. The van der Waals surface area contributed by atoms with Gasteiger partial charge in [0.1, 0.15) is 0 Å². The van der Waals surface area contributed by atoms with Gasteiger partial charge in [-0.05, 0) is 50.8 Å². The quantitative estimate of drug-likeness (QED) is 0.837. The summed E-state index contributed by atoms with van der Waals surface area (Å²) in [6, 6.07) is 4.54. The van der Waals surface area contributed by atoms with Crippen molar-refractivity contribution < 1.29 is 4.79 Å². The fourth-order valence-corrected chi connectivity index (χ4v) is 2.87. The standard InChI is InChI=1S/C17H27N3O/c1-11(2)17(21)19-15-10-16(12(3)9-14(15)18)20-8-6-5-7-13(20)4/h9-11,13H,5-8,18H2,1-4H3,(H,19,21). The molecule has 2 rings (SSSR count). The minimum Gasteiger partial charge on any atom is -0.397 e. The number of nitrogens with zero attached hydrogens (tertiary/aromatic N) is 1. The number of amides is 1. The molecule has 0 aromatic heterocycles. The predicted molar refractivity (Wildman–Crippen MR) is 89.7 cm³/mol. The van der Waals surface area contributed by atoms with Gasteiger partial charge >= 0.3 is 0 Å². The first-order valence-electron chi connectivity index (χ1n) is 7.87. The lowest BCUT2D eigenvalue weighted by molar-refractivity contribution is -0.118. The number of anilines is 3. The molecule has 116 valence electrons. The zero-order valence-electron chi connectivity index (χ0n) is 13.6. The number of piperidine rings is 1. The maximum atomic E-state index is 11.9. The molecule has 1 heterocycles. The lowest BCUT2D eigenvalue weighted by Crippen LogP contribution is -2.38. The predicted octanol–water partition coefficient (Wildman–Crippen LogP) is 3.55. The molecule has 1 aromatic carbocycles. The minimum absolute atomic E-state index is 0.00296. The molecular weight excluding hydrogens is 262 g/mol. The number of carbonyl (C=O) groups is 1. The van der Waals surface area contributed by atoms with E-state index in [0.29, 0.717) is 11.7 Å². The third-order valence-electron chi connectivity index (χ3n) is 4.26. The summed E-state index contributed by atoms with van der Waals surface area (Å²) in [4.78, 5) is 14.4. The van der Waals surface area contributed by atoms with Crippen molar-refractivity contribution in [3.8, 4) is 0 Å². The van der Waals surface area contributed by atoms with Crippen LogP contribution < -0.4 is 16.0 Å². The molecular formula is C17H27N3O. The number of aryl methyl sites for hydroxylation is 1. The second-order valence-electron chi connectivity index (χ2n) is 6.41. The summed E-state index contributed by atoms with van der Waals surface area (Å²) < 4.78 is 0. The Labute approximate surface area is 127 Å². The Morgan fingerprint density at radius 3 is 2.71 bits per heavy atom. The molecule has 1 aromatic rings. The molecule has 1 saturated heterocycles. The molecule has 1 atom stereocenters. The van der Waals surface area contributed by atoms with Gasteiger partial charge in [0.15, 0.2) is 0 Å². The van der Waals surface area contributed by atoms with E-state index in [4.69, 9.17) is 5.73 Å². The Bertz CT molecular complexity index is 525. The first-order valence-corrected chi connectivity index (χ1v) is 7.87. The van der Waals surface area contributed by atoms with E-state index in [1.807, 2.05) is 26.0 Å². The third kappa shape index (κ3) is 3.49. The zero-order chi connectivity index (χ0) is 15.6. The van der Waals surface area contributed by atoms with Crippen LogP contribution in [-0.2, 0) is 4.79 Å². The second-order valence-corrected chi connectivity index (χ2v) is 6.41. The molecule has 1 fully saturated rings. The van der Waals surface area contributed by atoms with E-state index in [-0.39, 0.29) is 11.8 Å². The van der Waals surface area contributed by atoms with E-state index in [2.05, 4.69) is 24.1 Å². The molecule has 0 radical (unpaired) electrons. The molecule has 1 aliphatic heterocycles. The zero-order valence-corrected chi connectivity index (χ0v) is 13.6. The summed E-state index contributed by atoms with van der Waals surface area (Å²) in [6.45, 7) is 9.19. The number of benzene rings is 1. The molecule has 0 saturated carbocycles. The first kappa shape index (κ1) is 15.7. The van der Waals surface area contributed by atoms with Crippen molar-refractivity contribution in [1.29, 1.82) is 0 Å². The van der Waals surface area contributed by atoms with Crippen LogP contribution in [0.2, 0.25) is 0 Å². The molecule has 4 heteroatoms. The highest BCUT2D eigenvalue weighted by molar-refractivity contribution is 5.96. The number of nitrogen functional groups attached to an aromatic ring is 1. The number of rotatable bonds is 3. The van der Waals surface area contributed by atoms with Crippen LogP contribution in [0.15, 0.2) is 12.1 Å². The van der Waals surface area contributed by atoms with Gasteiger partial charge in [0.2, 0.25) is 5.91 Å². The molecule has 1 unspecified atom stereocenters. The Balaban J connectivity index is 2.31. The van der Waals surface area contributed by atoms with Crippen molar-refractivity contribution in [2.24, 2.45) is 5.92 Å². The number of hydrogen-bond donors (Lipinski definition) is 2. The molecule has 1 aliphatic rings. The molecule has 1 amide bonds. The lowest BCUT2D eigenvalue weighted by atomic mass is 10.0. The molecule has 0 spiro atoms. The van der Waals surface area contributed by atoms with Gasteiger partial charge in [-0.25, -0.2) is 0 Å². The summed E-state index contributed by atoms with van der Waals surface area (Å²) in [6.07, 6.45) is 3.74. The van der Waals surface area contributed by atoms with Crippen molar-refractivity contribution >= 4 is 23.0 Å². The van der Waals surface area contributed by atoms with Gasteiger partial charge in [0, 0.05) is 24.2 Å². The Hall–Kier alpha value is -1.71. The van der Waals surface area contributed by atoms with Crippen LogP contribution in [-0.4, -0.2) is 18.5 Å². The summed E-state index contributed by atoms with van der Waals surface area (Å²) >= 11 is 0. The minimum atomic E-state index is -0.0527. The molecule has 3 N–H and O–H groups in total. The topological polar surface area (TPSA) is 58.4 Å². The van der Waals surface area contributed by atoms with E-state index < -0.39 is 0 Å². The Kier molecular flexibility index (Phi) is 4.76. The average molecular weight is 289 g/mol. The van der Waals surface area contributed by atoms with Gasteiger partial charge < -0.3 is 16.0 Å². The van der Waals surface area contributed by atoms with Gasteiger partial charge in [0.25, 0.3) is 0 Å². The van der Waals surface area contributed by atoms with Crippen LogP contribution in [0.1, 0.15) is 45.6 Å². The summed E-state index contributed by atoms with van der Waals surface area (Å²) in [7, 11) is 0. The van der Waals surface area contributed by atoms with Gasteiger partial charge in [-0.2, -0.15) is 0 Å². The Morgan fingerprint density at radius 1 is 1.38 bits per heavy atom.